The number of hydrogen-bond donors (Lipinski definition) is 2. The fourth-order valence-electron chi connectivity index (χ4n) is 1.14. The van der Waals surface area contributed by atoms with Gasteiger partial charge in [0.25, 0.3) is 0 Å². The summed E-state index contributed by atoms with van der Waals surface area (Å²) in [7, 11) is 0. The Labute approximate surface area is 95.5 Å². The van der Waals surface area contributed by atoms with Gasteiger partial charge in [-0.25, -0.2) is 0 Å². The minimum absolute atomic E-state index is 0.00128. The summed E-state index contributed by atoms with van der Waals surface area (Å²) in [5, 5.41) is 28.8. The number of nitro benzene ring substituents is 1. The van der Waals surface area contributed by atoms with E-state index in [2.05, 4.69) is 0 Å². The van der Waals surface area contributed by atoms with E-state index in [4.69, 9.17) is 11.0 Å². The maximum absolute atomic E-state index is 10.6. The average Bonchev–Trinajstić information content (AvgIpc) is 2.27. The number of nitro groups is 1. The second-order valence-electron chi connectivity index (χ2n) is 3.04. The zero-order valence-electron chi connectivity index (χ0n) is 8.45. The Morgan fingerprint density at radius 1 is 1.59 bits per heavy atom. The number of aromatic hydroxyl groups is 1. The maximum Gasteiger partial charge on any atom is 0.312 e. The minimum atomic E-state index is -0.822. The molecule has 0 aliphatic heterocycles. The zero-order valence-corrected chi connectivity index (χ0v) is 8.45. The molecule has 1 amide bonds. The van der Waals surface area contributed by atoms with Crippen LogP contribution < -0.4 is 5.73 Å². The molecule has 0 atom stereocenters. The molecular formula is C10H7N3O4. The Morgan fingerprint density at radius 2 is 2.24 bits per heavy atom. The van der Waals surface area contributed by atoms with Gasteiger partial charge >= 0.3 is 5.69 Å². The van der Waals surface area contributed by atoms with E-state index in [9.17, 15) is 20.0 Å². The van der Waals surface area contributed by atoms with Crippen molar-refractivity contribution in [1.82, 2.24) is 0 Å². The molecule has 86 valence electrons. The smallest absolute Gasteiger partial charge is 0.312 e. The molecule has 0 aromatic heterocycles. The number of phenolic OH excluding ortho intramolecular Hbond substituents is 1. The Bertz CT molecular complexity index is 557. The lowest BCUT2D eigenvalue weighted by atomic mass is 10.1. The molecule has 1 aromatic rings. The van der Waals surface area contributed by atoms with Gasteiger partial charge in [0.1, 0.15) is 0 Å². The molecule has 3 N–H and O–H groups in total. The summed E-state index contributed by atoms with van der Waals surface area (Å²) in [6.07, 6.45) is 2.03. The van der Waals surface area contributed by atoms with Crippen LogP contribution in [-0.2, 0) is 4.79 Å². The van der Waals surface area contributed by atoms with Crippen LogP contribution in [0, 0.1) is 21.4 Å². The van der Waals surface area contributed by atoms with Gasteiger partial charge in [0, 0.05) is 17.7 Å². The van der Waals surface area contributed by atoms with Gasteiger partial charge in [-0.05, 0) is 12.1 Å². The standard InChI is InChI=1S/C10H7N3O4/c11-5-6-3-7(1-2-9(12)14)10(15)8(4-6)13(16)17/h1-4,15H,(H2,12,14). The minimum Gasteiger partial charge on any atom is -0.502 e. The van der Waals surface area contributed by atoms with Gasteiger partial charge < -0.3 is 10.8 Å². The number of carbonyl (C=O) groups is 1. The highest BCUT2D eigenvalue weighted by molar-refractivity contribution is 5.91. The molecule has 0 aliphatic carbocycles. The van der Waals surface area contributed by atoms with E-state index < -0.39 is 22.3 Å². The third kappa shape index (κ3) is 2.79. The van der Waals surface area contributed by atoms with Crippen LogP contribution in [0.4, 0.5) is 5.69 Å². The van der Waals surface area contributed by atoms with Crippen LogP contribution in [0.25, 0.3) is 6.08 Å². The SMILES string of the molecule is N#Cc1cc(C=CC(N)=O)c(O)c([N+](=O)[O-])c1. The van der Waals surface area contributed by atoms with E-state index in [0.717, 1.165) is 18.2 Å². The molecule has 0 bridgehead atoms. The molecule has 1 rings (SSSR count). The highest BCUT2D eigenvalue weighted by atomic mass is 16.6. The molecule has 0 aliphatic rings. The summed E-state index contributed by atoms with van der Waals surface area (Å²) >= 11 is 0. The van der Waals surface area contributed by atoms with Crippen molar-refractivity contribution in [2.75, 3.05) is 0 Å². The molecule has 0 heterocycles. The number of nitrogens with two attached hydrogens (primary N) is 1. The maximum atomic E-state index is 10.6. The number of rotatable bonds is 3. The zero-order chi connectivity index (χ0) is 13.0. The first kappa shape index (κ1) is 12.2. The lowest BCUT2D eigenvalue weighted by Crippen LogP contribution is -2.05. The van der Waals surface area contributed by atoms with Crippen molar-refractivity contribution >= 4 is 17.7 Å². The van der Waals surface area contributed by atoms with Gasteiger partial charge in [-0.15, -0.1) is 0 Å². The molecule has 1 aromatic carbocycles. The Kier molecular flexibility index (Phi) is 3.41. The van der Waals surface area contributed by atoms with E-state index in [0.29, 0.717) is 0 Å². The van der Waals surface area contributed by atoms with E-state index in [1.54, 1.807) is 6.07 Å². The molecule has 7 heteroatoms. The summed E-state index contributed by atoms with van der Waals surface area (Å²) < 4.78 is 0. The Hall–Kier alpha value is -2.88. The molecule has 17 heavy (non-hydrogen) atoms. The number of carbonyl (C=O) groups excluding carboxylic acids is 1. The molecule has 0 spiro atoms. The number of amides is 1. The number of nitrogens with zero attached hydrogens (tertiary/aromatic N) is 2. The predicted molar refractivity (Wildman–Crippen MR) is 57.7 cm³/mol. The van der Waals surface area contributed by atoms with E-state index in [-0.39, 0.29) is 11.1 Å². The van der Waals surface area contributed by atoms with E-state index in [1.165, 1.54) is 6.07 Å². The van der Waals surface area contributed by atoms with Crippen LogP contribution in [0.5, 0.6) is 5.75 Å². The topological polar surface area (TPSA) is 130 Å². The molecule has 0 saturated carbocycles. The number of primary amides is 1. The van der Waals surface area contributed by atoms with Gasteiger partial charge in [-0.1, -0.05) is 0 Å². The molecule has 7 nitrogen and oxygen atoms in total. The fraction of sp³-hybridized carbons (Fsp3) is 0. The Balaban J connectivity index is 3.40. The Morgan fingerprint density at radius 3 is 2.71 bits per heavy atom. The molecule has 0 fully saturated rings. The van der Waals surface area contributed by atoms with Crippen molar-refractivity contribution in [3.63, 3.8) is 0 Å². The van der Waals surface area contributed by atoms with Crippen molar-refractivity contribution < 1.29 is 14.8 Å². The summed E-state index contributed by atoms with van der Waals surface area (Å²) in [4.78, 5) is 20.3. The van der Waals surface area contributed by atoms with Crippen LogP contribution in [0.15, 0.2) is 18.2 Å². The first-order valence-electron chi connectivity index (χ1n) is 4.34. The summed E-state index contributed by atoms with van der Waals surface area (Å²) in [6.45, 7) is 0. The van der Waals surface area contributed by atoms with Gasteiger partial charge in [0.05, 0.1) is 16.6 Å². The largest absolute Gasteiger partial charge is 0.502 e. The van der Waals surface area contributed by atoms with E-state index in [1.807, 2.05) is 0 Å². The molecule has 0 unspecified atom stereocenters. The van der Waals surface area contributed by atoms with Gasteiger partial charge in [0.2, 0.25) is 11.7 Å². The highest BCUT2D eigenvalue weighted by Crippen LogP contribution is 2.31. The van der Waals surface area contributed by atoms with Crippen LogP contribution in [0.2, 0.25) is 0 Å². The van der Waals surface area contributed by atoms with Crippen LogP contribution in [-0.4, -0.2) is 15.9 Å². The second-order valence-corrected chi connectivity index (χ2v) is 3.04. The van der Waals surface area contributed by atoms with Crippen molar-refractivity contribution in [1.29, 1.82) is 5.26 Å². The third-order valence-corrected chi connectivity index (χ3v) is 1.87. The van der Waals surface area contributed by atoms with Gasteiger partial charge in [0.15, 0.2) is 0 Å². The van der Waals surface area contributed by atoms with Crippen LogP contribution >= 0.6 is 0 Å². The normalized spacial score (nSPS) is 10.1. The fourth-order valence-corrected chi connectivity index (χ4v) is 1.14. The molecule has 0 saturated heterocycles. The number of hydrogen-bond acceptors (Lipinski definition) is 5. The lowest BCUT2D eigenvalue weighted by Gasteiger charge is -2.01. The average molecular weight is 233 g/mol. The van der Waals surface area contributed by atoms with Gasteiger partial charge in [-0.3, -0.25) is 14.9 Å². The monoisotopic (exact) mass is 233 g/mol. The predicted octanol–water partition coefficient (Wildman–Crippen LogP) is 0.671. The first-order valence-corrected chi connectivity index (χ1v) is 4.34. The summed E-state index contributed by atoms with van der Waals surface area (Å²) in [6, 6.07) is 3.86. The van der Waals surface area contributed by atoms with Crippen LogP contribution in [0.3, 0.4) is 0 Å². The van der Waals surface area contributed by atoms with Crippen molar-refractivity contribution in [3.8, 4) is 11.8 Å². The quantitative estimate of drug-likeness (QED) is 0.450. The third-order valence-electron chi connectivity index (χ3n) is 1.87. The first-order chi connectivity index (χ1) is 7.95. The second kappa shape index (κ2) is 4.76. The summed E-state index contributed by atoms with van der Waals surface area (Å²) in [5.74, 6) is -1.39. The number of benzene rings is 1. The molecule has 0 radical (unpaired) electrons. The molecular weight excluding hydrogens is 226 g/mol. The van der Waals surface area contributed by atoms with Crippen molar-refractivity contribution in [2.24, 2.45) is 5.73 Å². The number of nitriles is 1. The van der Waals surface area contributed by atoms with Crippen LogP contribution in [0.1, 0.15) is 11.1 Å². The highest BCUT2D eigenvalue weighted by Gasteiger charge is 2.17. The van der Waals surface area contributed by atoms with E-state index >= 15 is 0 Å². The van der Waals surface area contributed by atoms with Crippen molar-refractivity contribution in [3.05, 3.63) is 39.4 Å². The van der Waals surface area contributed by atoms with Crippen molar-refractivity contribution in [2.45, 2.75) is 0 Å². The number of phenols is 1. The van der Waals surface area contributed by atoms with Gasteiger partial charge in [-0.2, -0.15) is 5.26 Å². The lowest BCUT2D eigenvalue weighted by molar-refractivity contribution is -0.385. The summed E-state index contributed by atoms with van der Waals surface area (Å²) in [5.41, 5.74) is 4.23.